The summed E-state index contributed by atoms with van der Waals surface area (Å²) in [4.78, 5) is 37.8. The van der Waals surface area contributed by atoms with Gasteiger partial charge >= 0.3 is 0 Å². The number of thioether (sulfide) groups is 1. The van der Waals surface area contributed by atoms with Crippen molar-refractivity contribution in [3.05, 3.63) is 71.2 Å². The number of nitrogens with one attached hydrogen (secondary N) is 3. The molecule has 0 saturated carbocycles. The summed E-state index contributed by atoms with van der Waals surface area (Å²) < 4.78 is 26.2. The highest BCUT2D eigenvalue weighted by Gasteiger charge is 2.33. The molecule has 0 aliphatic rings. The summed E-state index contributed by atoms with van der Waals surface area (Å²) in [5, 5.41) is 16.6. The Kier molecular flexibility index (Phi) is 9.42. The lowest BCUT2D eigenvalue weighted by Crippen LogP contribution is -2.34. The molecule has 3 aromatic carbocycles. The third kappa shape index (κ3) is 6.85. The number of phenols is 1. The number of carbonyl (C=O) groups excluding carboxylic acids is 3. The minimum absolute atomic E-state index is 0.00768. The summed E-state index contributed by atoms with van der Waals surface area (Å²) in [6.45, 7) is 2.92. The maximum absolute atomic E-state index is 13.1. The molecule has 12 heteroatoms. The van der Waals surface area contributed by atoms with Crippen LogP contribution in [-0.2, 0) is 19.4 Å². The molecule has 0 radical (unpaired) electrons. The Morgan fingerprint density at radius 3 is 2.26 bits per heavy atom. The van der Waals surface area contributed by atoms with Gasteiger partial charge < -0.3 is 21.1 Å². The molecule has 0 fully saturated rings. The van der Waals surface area contributed by atoms with Crippen molar-refractivity contribution < 1.29 is 27.9 Å². The first-order chi connectivity index (χ1) is 18.0. The van der Waals surface area contributed by atoms with Gasteiger partial charge in [-0.15, -0.1) is 11.8 Å². The van der Waals surface area contributed by atoms with Gasteiger partial charge in [-0.1, -0.05) is 24.6 Å². The number of sulfone groups is 1. The van der Waals surface area contributed by atoms with Gasteiger partial charge in [-0.25, -0.2) is 8.42 Å². The number of phenolic OH excluding ortho intramolecular Hbond substituents is 1. The summed E-state index contributed by atoms with van der Waals surface area (Å²) in [6, 6.07) is 14.8. The second-order valence-electron chi connectivity index (χ2n) is 8.17. The maximum Gasteiger partial charge on any atom is 0.255 e. The second kappa shape index (κ2) is 12.3. The van der Waals surface area contributed by atoms with E-state index in [0.29, 0.717) is 5.69 Å². The molecular formula is C26H26ClN3O6S2. The van der Waals surface area contributed by atoms with Gasteiger partial charge in [-0.2, -0.15) is 0 Å². The van der Waals surface area contributed by atoms with Crippen molar-refractivity contribution in [1.29, 1.82) is 0 Å². The van der Waals surface area contributed by atoms with Crippen LogP contribution < -0.4 is 16.0 Å². The lowest BCUT2D eigenvalue weighted by atomic mass is 10.1. The zero-order chi connectivity index (χ0) is 28.0. The highest BCUT2D eigenvalue weighted by atomic mass is 35.5. The van der Waals surface area contributed by atoms with Crippen LogP contribution in [0.2, 0.25) is 5.02 Å². The van der Waals surface area contributed by atoms with Gasteiger partial charge in [0.2, 0.25) is 11.8 Å². The molecule has 0 aliphatic heterocycles. The molecule has 0 saturated heterocycles. The van der Waals surface area contributed by atoms with Crippen molar-refractivity contribution in [2.45, 2.75) is 35.3 Å². The normalized spacial score (nSPS) is 11.9. The number of aromatic hydroxyl groups is 1. The van der Waals surface area contributed by atoms with Gasteiger partial charge in [-0.05, 0) is 61.2 Å². The van der Waals surface area contributed by atoms with E-state index in [1.807, 2.05) is 6.26 Å². The molecule has 1 atom stereocenters. The molecule has 0 aliphatic carbocycles. The van der Waals surface area contributed by atoms with E-state index in [2.05, 4.69) is 16.0 Å². The van der Waals surface area contributed by atoms with Crippen molar-refractivity contribution in [3.8, 4) is 5.75 Å². The van der Waals surface area contributed by atoms with Crippen molar-refractivity contribution in [3.63, 3.8) is 0 Å². The molecule has 38 heavy (non-hydrogen) atoms. The molecule has 9 nitrogen and oxygen atoms in total. The predicted octanol–water partition coefficient (Wildman–Crippen LogP) is 5.17. The van der Waals surface area contributed by atoms with E-state index in [1.165, 1.54) is 49.0 Å². The zero-order valence-corrected chi connectivity index (χ0v) is 23.1. The zero-order valence-electron chi connectivity index (χ0n) is 20.7. The first-order valence-electron chi connectivity index (χ1n) is 11.4. The van der Waals surface area contributed by atoms with E-state index in [-0.39, 0.29) is 39.2 Å². The second-order valence-corrected chi connectivity index (χ2v) is 11.6. The fourth-order valence-electron chi connectivity index (χ4n) is 3.58. The third-order valence-electron chi connectivity index (χ3n) is 5.46. The molecule has 4 N–H and O–H groups in total. The monoisotopic (exact) mass is 575 g/mol. The van der Waals surface area contributed by atoms with Crippen LogP contribution in [0.5, 0.6) is 5.75 Å². The number of carbonyl (C=O) groups is 3. The Balaban J connectivity index is 1.78. The molecule has 0 bridgehead atoms. The van der Waals surface area contributed by atoms with Crippen LogP contribution in [0, 0.1) is 0 Å². The number of hydrogen-bond donors (Lipinski definition) is 4. The SMILES string of the molecule is CCC(C(=O)Nc1cc(O)c(NC(=O)c2cccc(NC(C)=O)c2)cc1Cl)S(=O)(=O)c1ccc(SC)cc1. The van der Waals surface area contributed by atoms with Crippen molar-refractivity contribution in [1.82, 2.24) is 0 Å². The lowest BCUT2D eigenvalue weighted by Gasteiger charge is -2.18. The average molecular weight is 576 g/mol. The Labute approximate surface area is 229 Å². The van der Waals surface area contributed by atoms with Crippen LogP contribution >= 0.6 is 23.4 Å². The molecule has 3 rings (SSSR count). The quantitative estimate of drug-likeness (QED) is 0.204. The first-order valence-corrected chi connectivity index (χ1v) is 14.5. The molecule has 0 heterocycles. The minimum Gasteiger partial charge on any atom is -0.506 e. The first kappa shape index (κ1) is 29.0. The Hall–Kier alpha value is -3.54. The summed E-state index contributed by atoms with van der Waals surface area (Å²) in [5.41, 5.74) is 0.583. The summed E-state index contributed by atoms with van der Waals surface area (Å²) in [7, 11) is -3.99. The maximum atomic E-state index is 13.1. The van der Waals surface area contributed by atoms with E-state index >= 15 is 0 Å². The lowest BCUT2D eigenvalue weighted by molar-refractivity contribution is -0.116. The number of halogens is 1. The fourth-order valence-corrected chi connectivity index (χ4v) is 5.83. The minimum atomic E-state index is -3.99. The van der Waals surface area contributed by atoms with Crippen LogP contribution in [0.25, 0.3) is 0 Å². The van der Waals surface area contributed by atoms with E-state index in [1.54, 1.807) is 31.2 Å². The molecule has 1 unspecified atom stereocenters. The van der Waals surface area contributed by atoms with Gasteiger partial charge in [0.25, 0.3) is 5.91 Å². The fraction of sp³-hybridized carbons (Fsp3) is 0.192. The van der Waals surface area contributed by atoms with Gasteiger partial charge in [0.1, 0.15) is 11.0 Å². The largest absolute Gasteiger partial charge is 0.506 e. The van der Waals surface area contributed by atoms with Gasteiger partial charge in [-0.3, -0.25) is 14.4 Å². The highest BCUT2D eigenvalue weighted by Crippen LogP contribution is 2.35. The number of benzene rings is 3. The third-order valence-corrected chi connectivity index (χ3v) is 8.74. The van der Waals surface area contributed by atoms with E-state index in [4.69, 9.17) is 11.6 Å². The van der Waals surface area contributed by atoms with Gasteiger partial charge in [0, 0.05) is 29.1 Å². The van der Waals surface area contributed by atoms with Crippen molar-refractivity contribution in [2.75, 3.05) is 22.2 Å². The Morgan fingerprint density at radius 2 is 1.66 bits per heavy atom. The average Bonchev–Trinajstić information content (AvgIpc) is 2.87. The summed E-state index contributed by atoms with van der Waals surface area (Å²) >= 11 is 7.76. The summed E-state index contributed by atoms with van der Waals surface area (Å²) in [6.07, 6.45) is 1.88. The molecule has 0 spiro atoms. The van der Waals surface area contributed by atoms with Crippen LogP contribution in [-0.4, -0.2) is 42.8 Å². The molecule has 0 aromatic heterocycles. The van der Waals surface area contributed by atoms with Crippen molar-refractivity contribution in [2.24, 2.45) is 0 Å². The smallest absolute Gasteiger partial charge is 0.255 e. The highest BCUT2D eigenvalue weighted by molar-refractivity contribution is 7.98. The number of anilines is 3. The Morgan fingerprint density at radius 1 is 0.974 bits per heavy atom. The number of amides is 3. The molecular weight excluding hydrogens is 550 g/mol. The number of hydrogen-bond acceptors (Lipinski definition) is 7. The van der Waals surface area contributed by atoms with Crippen LogP contribution in [0.1, 0.15) is 30.6 Å². The number of rotatable bonds is 9. The van der Waals surface area contributed by atoms with E-state index in [9.17, 15) is 27.9 Å². The molecule has 3 aromatic rings. The standard InChI is InChI=1S/C26H26ClN3O6S2/c1-4-24(38(35,36)19-10-8-18(37-3)9-11-19)26(34)29-21-14-23(32)22(13-20(21)27)30-25(33)16-6-5-7-17(12-16)28-15(2)31/h5-14,24,32H,4H2,1-3H3,(H,28,31)(H,29,34)(H,30,33). The van der Waals surface area contributed by atoms with Gasteiger partial charge in [0.05, 0.1) is 21.3 Å². The van der Waals surface area contributed by atoms with E-state index < -0.39 is 32.7 Å². The predicted molar refractivity (Wildman–Crippen MR) is 150 cm³/mol. The molecule has 200 valence electrons. The summed E-state index contributed by atoms with van der Waals surface area (Å²) in [5.74, 6) is -2.09. The Bertz CT molecular complexity index is 1480. The van der Waals surface area contributed by atoms with Crippen LogP contribution in [0.3, 0.4) is 0 Å². The molecule has 3 amide bonds. The van der Waals surface area contributed by atoms with Crippen molar-refractivity contribution >= 4 is 68.0 Å². The van der Waals surface area contributed by atoms with Gasteiger partial charge in [0.15, 0.2) is 9.84 Å². The van der Waals surface area contributed by atoms with Crippen LogP contribution in [0.4, 0.5) is 17.1 Å². The van der Waals surface area contributed by atoms with E-state index in [0.717, 1.165) is 11.0 Å². The topological polar surface area (TPSA) is 142 Å². The van der Waals surface area contributed by atoms with Crippen LogP contribution in [0.15, 0.2) is 70.5 Å².